The van der Waals surface area contributed by atoms with Crippen molar-refractivity contribution in [1.29, 1.82) is 0 Å². The van der Waals surface area contributed by atoms with E-state index in [9.17, 15) is 18.0 Å². The van der Waals surface area contributed by atoms with E-state index in [0.717, 1.165) is 10.4 Å². The largest absolute Gasteiger partial charge is 0.408 e. The fraction of sp³-hybridized carbons (Fsp3) is 0.667. The maximum absolute atomic E-state index is 12.2. The molecule has 2 rings (SSSR count). The number of carbonyl (C=O) groups is 1. The van der Waals surface area contributed by atoms with Crippen molar-refractivity contribution in [3.8, 4) is 0 Å². The summed E-state index contributed by atoms with van der Waals surface area (Å²) in [5.41, 5.74) is 0.264. The van der Waals surface area contributed by atoms with Crippen LogP contribution in [0, 0.1) is 0 Å². The van der Waals surface area contributed by atoms with Crippen LogP contribution < -0.4 is 5.32 Å². The second-order valence-corrected chi connectivity index (χ2v) is 7.30. The van der Waals surface area contributed by atoms with Gasteiger partial charge in [-0.2, -0.15) is 30.0 Å². The number of carbonyl (C=O) groups excluding carboxylic acids is 1. The number of nitrogens with one attached hydrogen (secondary N) is 1. The van der Waals surface area contributed by atoms with Crippen LogP contribution in [0.2, 0.25) is 0 Å². The number of aromatic nitrogens is 2. The quantitative estimate of drug-likeness (QED) is 0.911. The van der Waals surface area contributed by atoms with Crippen LogP contribution in [0.5, 0.6) is 0 Å². The molecule has 1 N–H and O–H groups in total. The van der Waals surface area contributed by atoms with E-state index in [-0.39, 0.29) is 16.5 Å². The second-order valence-electron chi connectivity index (χ2n) is 5.50. The average molecular weight is 322 g/mol. The van der Waals surface area contributed by atoms with Gasteiger partial charge in [-0.05, 0) is 13.8 Å². The first-order chi connectivity index (χ1) is 9.65. The lowest BCUT2D eigenvalue weighted by molar-refractivity contribution is -0.142. The maximum atomic E-state index is 12.2. The summed E-state index contributed by atoms with van der Waals surface area (Å²) in [6.45, 7) is 4.16. The number of hydrogen-bond acceptors (Lipinski definition) is 3. The molecule has 0 aromatic carbocycles. The van der Waals surface area contributed by atoms with Crippen LogP contribution in [-0.4, -0.2) is 50.5 Å². The van der Waals surface area contributed by atoms with E-state index < -0.39 is 12.7 Å². The van der Waals surface area contributed by atoms with Gasteiger partial charge in [-0.3, -0.25) is 4.68 Å². The highest BCUT2D eigenvalue weighted by Gasteiger charge is 2.30. The molecule has 9 heteroatoms. The van der Waals surface area contributed by atoms with Crippen molar-refractivity contribution in [2.24, 2.45) is 0 Å². The van der Waals surface area contributed by atoms with Crippen LogP contribution >= 0.6 is 11.8 Å². The van der Waals surface area contributed by atoms with Crippen LogP contribution in [-0.2, 0) is 6.54 Å². The summed E-state index contributed by atoms with van der Waals surface area (Å²) >= 11 is 1.80. The monoisotopic (exact) mass is 322 g/mol. The number of nitrogens with zero attached hydrogens (tertiary/aromatic N) is 3. The van der Waals surface area contributed by atoms with Crippen molar-refractivity contribution in [3.63, 3.8) is 0 Å². The minimum Gasteiger partial charge on any atom is -0.322 e. The van der Waals surface area contributed by atoms with Crippen LogP contribution in [0.3, 0.4) is 0 Å². The molecule has 0 unspecified atom stereocenters. The Morgan fingerprint density at radius 1 is 1.52 bits per heavy atom. The predicted molar refractivity (Wildman–Crippen MR) is 75.4 cm³/mol. The Labute approximate surface area is 124 Å². The highest BCUT2D eigenvalue weighted by Crippen LogP contribution is 2.29. The Balaban J connectivity index is 1.94. The fourth-order valence-corrected chi connectivity index (χ4v) is 3.20. The molecule has 1 saturated heterocycles. The summed E-state index contributed by atoms with van der Waals surface area (Å²) in [6, 6.07) is -0.310. The molecule has 0 radical (unpaired) electrons. The van der Waals surface area contributed by atoms with Gasteiger partial charge in [0.2, 0.25) is 0 Å². The number of halogens is 3. The summed E-state index contributed by atoms with van der Waals surface area (Å²) in [7, 11) is 0. The molecule has 0 spiro atoms. The van der Waals surface area contributed by atoms with Gasteiger partial charge in [-0.25, -0.2) is 4.79 Å². The van der Waals surface area contributed by atoms with Gasteiger partial charge in [-0.1, -0.05) is 0 Å². The lowest BCUT2D eigenvalue weighted by Crippen LogP contribution is -2.47. The lowest BCUT2D eigenvalue weighted by Gasteiger charge is -2.37. The maximum Gasteiger partial charge on any atom is 0.408 e. The van der Waals surface area contributed by atoms with E-state index in [1.807, 2.05) is 0 Å². The molecule has 1 aliphatic heterocycles. The van der Waals surface area contributed by atoms with Gasteiger partial charge >= 0.3 is 12.2 Å². The minimum absolute atomic E-state index is 0.0178. The Morgan fingerprint density at radius 3 is 2.86 bits per heavy atom. The zero-order chi connectivity index (χ0) is 15.7. The van der Waals surface area contributed by atoms with Gasteiger partial charge in [0, 0.05) is 29.8 Å². The number of thioether (sulfide) groups is 1. The van der Waals surface area contributed by atoms with Crippen LogP contribution in [0.1, 0.15) is 13.8 Å². The number of hydrogen-bond donors (Lipinski definition) is 1. The Hall–Kier alpha value is -1.38. The molecular weight excluding hydrogens is 305 g/mol. The third-order valence-electron chi connectivity index (χ3n) is 2.94. The molecule has 118 valence electrons. The third-order valence-corrected chi connectivity index (χ3v) is 4.24. The molecule has 5 nitrogen and oxygen atoms in total. The lowest BCUT2D eigenvalue weighted by atomic mass is 10.2. The van der Waals surface area contributed by atoms with E-state index in [2.05, 4.69) is 24.3 Å². The van der Waals surface area contributed by atoms with Crippen molar-refractivity contribution in [2.75, 3.05) is 24.2 Å². The number of rotatable bonds is 2. The van der Waals surface area contributed by atoms with Gasteiger partial charge in [0.25, 0.3) is 0 Å². The van der Waals surface area contributed by atoms with Crippen LogP contribution in [0.4, 0.5) is 23.7 Å². The number of amides is 2. The topological polar surface area (TPSA) is 50.2 Å². The molecule has 0 bridgehead atoms. The molecule has 2 heterocycles. The number of urea groups is 1. The van der Waals surface area contributed by atoms with Crippen molar-refractivity contribution in [1.82, 2.24) is 14.7 Å². The Morgan fingerprint density at radius 2 is 2.24 bits per heavy atom. The molecule has 0 aliphatic carbocycles. The van der Waals surface area contributed by atoms with Crippen molar-refractivity contribution in [2.45, 2.75) is 31.3 Å². The average Bonchev–Trinajstić information content (AvgIpc) is 2.72. The summed E-state index contributed by atoms with van der Waals surface area (Å²) in [5, 5.41) is 6.17. The first kappa shape index (κ1) is 16.0. The highest BCUT2D eigenvalue weighted by molar-refractivity contribution is 8.00. The first-order valence-electron chi connectivity index (χ1n) is 6.44. The zero-order valence-corrected chi connectivity index (χ0v) is 12.6. The van der Waals surface area contributed by atoms with E-state index in [1.54, 1.807) is 16.7 Å². The van der Waals surface area contributed by atoms with Crippen molar-refractivity contribution < 1.29 is 18.0 Å². The predicted octanol–water partition coefficient (Wildman–Crippen LogP) is 2.80. The Kier molecular flexibility index (Phi) is 4.40. The smallest absolute Gasteiger partial charge is 0.322 e. The molecule has 1 fully saturated rings. The molecule has 21 heavy (non-hydrogen) atoms. The SMILES string of the molecule is CC1(C)CN(C(=O)Nc2cnn(CC(F)(F)F)c2)CCS1. The van der Waals surface area contributed by atoms with Gasteiger partial charge in [-0.15, -0.1) is 0 Å². The van der Waals surface area contributed by atoms with E-state index in [4.69, 9.17) is 0 Å². The highest BCUT2D eigenvalue weighted by atomic mass is 32.2. The summed E-state index contributed by atoms with van der Waals surface area (Å²) in [6.07, 6.45) is -1.94. The normalized spacial score (nSPS) is 18.6. The minimum atomic E-state index is -4.33. The van der Waals surface area contributed by atoms with Crippen LogP contribution in [0.15, 0.2) is 12.4 Å². The van der Waals surface area contributed by atoms with Gasteiger partial charge in [0.1, 0.15) is 6.54 Å². The summed E-state index contributed by atoms with van der Waals surface area (Å²) in [4.78, 5) is 13.8. The van der Waals surface area contributed by atoms with Gasteiger partial charge < -0.3 is 10.2 Å². The Bertz CT molecular complexity index is 515. The zero-order valence-electron chi connectivity index (χ0n) is 11.8. The van der Waals surface area contributed by atoms with E-state index in [1.165, 1.54) is 12.4 Å². The van der Waals surface area contributed by atoms with Gasteiger partial charge in [0.05, 0.1) is 11.9 Å². The number of alkyl halides is 3. The molecular formula is C12H17F3N4OS. The summed E-state index contributed by atoms with van der Waals surface area (Å²) in [5.74, 6) is 0.841. The molecule has 0 saturated carbocycles. The molecule has 1 aromatic rings. The third kappa shape index (κ3) is 4.83. The second kappa shape index (κ2) is 5.78. The van der Waals surface area contributed by atoms with Crippen molar-refractivity contribution >= 4 is 23.5 Å². The molecule has 1 aliphatic rings. The molecule has 2 amide bonds. The van der Waals surface area contributed by atoms with Crippen LogP contribution in [0.25, 0.3) is 0 Å². The first-order valence-corrected chi connectivity index (χ1v) is 7.42. The van der Waals surface area contributed by atoms with Gasteiger partial charge in [0.15, 0.2) is 0 Å². The van der Waals surface area contributed by atoms with E-state index in [0.29, 0.717) is 13.1 Å². The number of anilines is 1. The molecule has 1 aromatic heterocycles. The molecule has 0 atom stereocenters. The van der Waals surface area contributed by atoms with Crippen molar-refractivity contribution in [3.05, 3.63) is 12.4 Å². The standard InChI is InChI=1S/C12H17F3N4OS/c1-11(2)7-18(3-4-21-11)10(20)17-9-5-16-19(6-9)8-12(13,14)15/h5-6H,3-4,7-8H2,1-2H3,(H,17,20). The fourth-order valence-electron chi connectivity index (χ4n) is 2.09. The van der Waals surface area contributed by atoms with E-state index >= 15 is 0 Å². The summed E-state index contributed by atoms with van der Waals surface area (Å²) < 4.78 is 37.4.